The first kappa shape index (κ1) is 18.4. The zero-order valence-corrected chi connectivity index (χ0v) is 15.5. The lowest BCUT2D eigenvalue weighted by Crippen LogP contribution is -1.97. The highest BCUT2D eigenvalue weighted by Gasteiger charge is 2.14. The third-order valence-corrected chi connectivity index (χ3v) is 4.70. The van der Waals surface area contributed by atoms with Gasteiger partial charge in [-0.1, -0.05) is 114 Å². The Hall–Kier alpha value is -2.35. The molecular formula is C23H17Cl2F. The van der Waals surface area contributed by atoms with Crippen molar-refractivity contribution in [3.05, 3.63) is 120 Å². The minimum atomic E-state index is -0.392. The van der Waals surface area contributed by atoms with Gasteiger partial charge in [-0.05, 0) is 22.8 Å². The van der Waals surface area contributed by atoms with Crippen LogP contribution in [0.1, 0.15) is 22.6 Å². The van der Waals surface area contributed by atoms with E-state index in [-0.39, 0.29) is 5.82 Å². The van der Waals surface area contributed by atoms with E-state index in [2.05, 4.69) is 0 Å². The molecule has 1 atom stereocenters. The van der Waals surface area contributed by atoms with Crippen LogP contribution >= 0.6 is 23.2 Å². The van der Waals surface area contributed by atoms with Gasteiger partial charge in [-0.15, -0.1) is 0 Å². The molecule has 0 amide bonds. The van der Waals surface area contributed by atoms with E-state index in [9.17, 15) is 4.39 Å². The molecular weight excluding hydrogens is 366 g/mol. The third kappa shape index (κ3) is 4.63. The van der Waals surface area contributed by atoms with E-state index in [1.807, 2.05) is 72.8 Å². The van der Waals surface area contributed by atoms with Crippen LogP contribution in [0.3, 0.4) is 0 Å². The Labute approximate surface area is 163 Å². The van der Waals surface area contributed by atoms with Gasteiger partial charge in [0.1, 0.15) is 5.82 Å². The average Bonchev–Trinajstić information content (AvgIpc) is 2.69. The number of halogens is 3. The fraction of sp³-hybridized carbons (Fsp3) is 0.0435. The monoisotopic (exact) mass is 382 g/mol. The molecule has 0 radical (unpaired) electrons. The van der Waals surface area contributed by atoms with Gasteiger partial charge in [0, 0.05) is 16.0 Å². The molecule has 26 heavy (non-hydrogen) atoms. The number of benzene rings is 3. The molecule has 0 N–H and O–H groups in total. The molecule has 0 saturated heterocycles. The van der Waals surface area contributed by atoms with Gasteiger partial charge in [-0.2, -0.15) is 0 Å². The van der Waals surface area contributed by atoms with Crippen molar-refractivity contribution in [3.63, 3.8) is 0 Å². The summed E-state index contributed by atoms with van der Waals surface area (Å²) >= 11 is 13.0. The van der Waals surface area contributed by atoms with Crippen LogP contribution in [-0.4, -0.2) is 0 Å². The summed E-state index contributed by atoms with van der Waals surface area (Å²) in [6, 6.07) is 25.8. The molecule has 0 bridgehead atoms. The topological polar surface area (TPSA) is 0 Å². The van der Waals surface area contributed by atoms with Crippen LogP contribution in [0.2, 0.25) is 0 Å². The average molecular weight is 383 g/mol. The van der Waals surface area contributed by atoms with Crippen LogP contribution in [0.25, 0.3) is 10.1 Å². The molecule has 0 heterocycles. The largest absolute Gasteiger partial charge is 0.207 e. The van der Waals surface area contributed by atoms with Crippen molar-refractivity contribution in [1.82, 2.24) is 0 Å². The van der Waals surface area contributed by atoms with Crippen LogP contribution in [0, 0.1) is 5.82 Å². The summed E-state index contributed by atoms with van der Waals surface area (Å²) in [6.45, 7) is 0. The van der Waals surface area contributed by atoms with Crippen molar-refractivity contribution >= 4 is 33.3 Å². The van der Waals surface area contributed by atoms with Crippen molar-refractivity contribution < 1.29 is 4.39 Å². The van der Waals surface area contributed by atoms with E-state index in [1.54, 1.807) is 18.2 Å². The summed E-state index contributed by atoms with van der Waals surface area (Å²) in [5.74, 6) is -0.684. The molecule has 0 nitrogen and oxygen atoms in total. The van der Waals surface area contributed by atoms with Crippen LogP contribution < -0.4 is 0 Å². The zero-order chi connectivity index (χ0) is 18.4. The van der Waals surface area contributed by atoms with Crippen molar-refractivity contribution in [3.8, 4) is 0 Å². The lowest BCUT2D eigenvalue weighted by atomic mass is 9.95. The molecule has 0 fully saturated rings. The molecule has 3 aromatic carbocycles. The molecule has 0 aliphatic rings. The van der Waals surface area contributed by atoms with Gasteiger partial charge >= 0.3 is 0 Å². The van der Waals surface area contributed by atoms with Crippen LogP contribution in [0.15, 0.2) is 97.1 Å². The van der Waals surface area contributed by atoms with Crippen molar-refractivity contribution in [2.24, 2.45) is 0 Å². The second kappa shape index (κ2) is 8.84. The van der Waals surface area contributed by atoms with Crippen LogP contribution in [0.5, 0.6) is 0 Å². The normalized spacial score (nSPS) is 13.5. The molecule has 3 rings (SSSR count). The number of hydrogen-bond acceptors (Lipinski definition) is 0. The molecule has 0 aliphatic heterocycles. The smallest absolute Gasteiger partial charge is 0.127 e. The molecule has 0 saturated carbocycles. The standard InChI is InChI=1S/C23H17Cl2F/c24-21(17-9-3-1-4-10-17)15-19(20-13-7-8-14-23(20)26)16-22(25)18-11-5-2-6-12-18/h1-16,19H/b21-15-,22-16+. The number of hydrogen-bond donors (Lipinski definition) is 0. The van der Waals surface area contributed by atoms with Crippen molar-refractivity contribution in [2.75, 3.05) is 0 Å². The van der Waals surface area contributed by atoms with Crippen molar-refractivity contribution in [1.29, 1.82) is 0 Å². The molecule has 1 unspecified atom stereocenters. The molecule has 3 heteroatoms. The minimum Gasteiger partial charge on any atom is -0.207 e. The highest BCUT2D eigenvalue weighted by atomic mass is 35.5. The van der Waals surface area contributed by atoms with Gasteiger partial charge in [0.15, 0.2) is 0 Å². The quantitative estimate of drug-likeness (QED) is 0.429. The Morgan fingerprint density at radius 2 is 1.08 bits per heavy atom. The van der Waals surface area contributed by atoms with E-state index in [0.717, 1.165) is 11.1 Å². The maximum Gasteiger partial charge on any atom is 0.127 e. The maximum atomic E-state index is 14.4. The maximum absolute atomic E-state index is 14.4. The van der Waals surface area contributed by atoms with E-state index in [1.165, 1.54) is 6.07 Å². The van der Waals surface area contributed by atoms with Gasteiger partial charge in [-0.25, -0.2) is 4.39 Å². The predicted octanol–water partition coefficient (Wildman–Crippen LogP) is 7.47. The van der Waals surface area contributed by atoms with Gasteiger partial charge in [0.05, 0.1) is 0 Å². The fourth-order valence-corrected chi connectivity index (χ4v) is 3.20. The van der Waals surface area contributed by atoms with Gasteiger partial charge in [0.25, 0.3) is 0 Å². The molecule has 0 aromatic heterocycles. The Kier molecular flexibility index (Phi) is 6.27. The Morgan fingerprint density at radius 3 is 1.54 bits per heavy atom. The number of allylic oxidation sites excluding steroid dienone is 2. The first-order valence-corrected chi connectivity index (χ1v) is 9.00. The minimum absolute atomic E-state index is 0.292. The third-order valence-electron chi connectivity index (χ3n) is 4.02. The summed E-state index contributed by atoms with van der Waals surface area (Å²) in [7, 11) is 0. The van der Waals surface area contributed by atoms with Crippen LogP contribution in [-0.2, 0) is 0 Å². The van der Waals surface area contributed by atoms with E-state index in [4.69, 9.17) is 23.2 Å². The summed E-state index contributed by atoms with van der Waals surface area (Å²) in [6.07, 6.45) is 3.64. The second-order valence-corrected chi connectivity index (χ2v) is 6.62. The van der Waals surface area contributed by atoms with Gasteiger partial charge in [0.2, 0.25) is 0 Å². The fourth-order valence-electron chi connectivity index (χ4n) is 2.68. The first-order valence-electron chi connectivity index (χ1n) is 8.25. The molecule has 0 spiro atoms. The number of rotatable bonds is 5. The molecule has 0 aliphatic carbocycles. The summed E-state index contributed by atoms with van der Waals surface area (Å²) < 4.78 is 14.4. The summed E-state index contributed by atoms with van der Waals surface area (Å²) in [4.78, 5) is 0. The zero-order valence-electron chi connectivity index (χ0n) is 13.9. The Bertz CT molecular complexity index is 860. The molecule has 130 valence electrons. The summed E-state index contributed by atoms with van der Waals surface area (Å²) in [5.41, 5.74) is 2.27. The van der Waals surface area contributed by atoms with Gasteiger partial charge < -0.3 is 0 Å². The highest BCUT2D eigenvalue weighted by molar-refractivity contribution is 6.49. The van der Waals surface area contributed by atoms with E-state index >= 15 is 0 Å². The Balaban J connectivity index is 2.04. The lowest BCUT2D eigenvalue weighted by molar-refractivity contribution is 0.610. The highest BCUT2D eigenvalue weighted by Crippen LogP contribution is 2.32. The molecule has 3 aromatic rings. The van der Waals surface area contributed by atoms with E-state index < -0.39 is 5.92 Å². The lowest BCUT2D eigenvalue weighted by Gasteiger charge is -2.13. The van der Waals surface area contributed by atoms with Gasteiger partial charge in [-0.3, -0.25) is 0 Å². The van der Waals surface area contributed by atoms with Crippen LogP contribution in [0.4, 0.5) is 4.39 Å². The first-order chi connectivity index (χ1) is 12.6. The predicted molar refractivity (Wildman–Crippen MR) is 110 cm³/mol. The second-order valence-electron chi connectivity index (χ2n) is 5.81. The summed E-state index contributed by atoms with van der Waals surface area (Å²) in [5, 5.41) is 1.10. The SMILES string of the molecule is Fc1ccccc1C(/C=C(\Cl)c1ccccc1)/C=C(/Cl)c1ccccc1. The van der Waals surface area contributed by atoms with E-state index in [0.29, 0.717) is 15.6 Å². The Morgan fingerprint density at radius 1 is 0.654 bits per heavy atom. The van der Waals surface area contributed by atoms with Crippen molar-refractivity contribution in [2.45, 2.75) is 5.92 Å².